The second kappa shape index (κ2) is 5.46. The SMILES string of the molecule is COc1ccc2ncc(C(=O)NC3CCOCC3)n2n1. The Morgan fingerprint density at radius 1 is 1.45 bits per heavy atom. The maximum absolute atomic E-state index is 12.3. The van der Waals surface area contributed by atoms with Gasteiger partial charge >= 0.3 is 0 Å². The van der Waals surface area contributed by atoms with E-state index in [0.717, 1.165) is 12.8 Å². The Morgan fingerprint density at radius 3 is 3.00 bits per heavy atom. The second-order valence-corrected chi connectivity index (χ2v) is 4.65. The Hall–Kier alpha value is -2.15. The highest BCUT2D eigenvalue weighted by Crippen LogP contribution is 2.12. The van der Waals surface area contributed by atoms with Crippen LogP contribution in [0.3, 0.4) is 0 Å². The minimum atomic E-state index is -0.176. The summed E-state index contributed by atoms with van der Waals surface area (Å²) in [6.45, 7) is 1.37. The lowest BCUT2D eigenvalue weighted by Crippen LogP contribution is -2.39. The molecule has 7 heteroatoms. The lowest BCUT2D eigenvalue weighted by molar-refractivity contribution is 0.0693. The van der Waals surface area contributed by atoms with E-state index in [9.17, 15) is 4.79 Å². The number of methoxy groups -OCH3 is 1. The van der Waals surface area contributed by atoms with Crippen LogP contribution in [0.1, 0.15) is 23.3 Å². The summed E-state index contributed by atoms with van der Waals surface area (Å²) in [5.41, 5.74) is 1.02. The summed E-state index contributed by atoms with van der Waals surface area (Å²) in [6.07, 6.45) is 3.19. The first-order valence-corrected chi connectivity index (χ1v) is 6.55. The van der Waals surface area contributed by atoms with E-state index >= 15 is 0 Å². The van der Waals surface area contributed by atoms with E-state index in [0.29, 0.717) is 30.4 Å². The zero-order chi connectivity index (χ0) is 13.9. The molecule has 7 nitrogen and oxygen atoms in total. The van der Waals surface area contributed by atoms with Gasteiger partial charge in [-0.15, -0.1) is 5.10 Å². The number of fused-ring (bicyclic) bond motifs is 1. The molecule has 0 spiro atoms. The van der Waals surface area contributed by atoms with Gasteiger partial charge in [-0.3, -0.25) is 4.79 Å². The largest absolute Gasteiger partial charge is 0.480 e. The summed E-state index contributed by atoms with van der Waals surface area (Å²) in [4.78, 5) is 16.5. The third-order valence-corrected chi connectivity index (χ3v) is 3.34. The van der Waals surface area contributed by atoms with Gasteiger partial charge in [0.15, 0.2) is 11.3 Å². The molecule has 0 unspecified atom stereocenters. The molecule has 1 amide bonds. The summed E-state index contributed by atoms with van der Waals surface area (Å²) in [7, 11) is 1.53. The minimum absolute atomic E-state index is 0.146. The minimum Gasteiger partial charge on any atom is -0.480 e. The average molecular weight is 276 g/mol. The number of aromatic nitrogens is 3. The van der Waals surface area contributed by atoms with Crippen LogP contribution in [0.4, 0.5) is 0 Å². The van der Waals surface area contributed by atoms with Gasteiger partial charge in [0.05, 0.1) is 13.3 Å². The average Bonchev–Trinajstić information content (AvgIpc) is 2.91. The Balaban J connectivity index is 1.83. The highest BCUT2D eigenvalue weighted by atomic mass is 16.5. The van der Waals surface area contributed by atoms with Crippen molar-refractivity contribution >= 4 is 11.6 Å². The van der Waals surface area contributed by atoms with E-state index < -0.39 is 0 Å². The summed E-state index contributed by atoms with van der Waals surface area (Å²) in [6, 6.07) is 3.62. The first-order valence-electron chi connectivity index (χ1n) is 6.55. The van der Waals surface area contributed by atoms with E-state index in [-0.39, 0.29) is 11.9 Å². The number of amides is 1. The highest BCUT2D eigenvalue weighted by molar-refractivity contribution is 5.93. The quantitative estimate of drug-likeness (QED) is 0.890. The first-order chi connectivity index (χ1) is 9.78. The van der Waals surface area contributed by atoms with Gasteiger partial charge < -0.3 is 14.8 Å². The molecule has 3 heterocycles. The maximum atomic E-state index is 12.3. The van der Waals surface area contributed by atoms with Gasteiger partial charge in [0, 0.05) is 25.3 Å². The molecule has 1 saturated heterocycles. The molecule has 0 bridgehead atoms. The van der Waals surface area contributed by atoms with Crippen LogP contribution in [-0.4, -0.2) is 46.9 Å². The van der Waals surface area contributed by atoms with Crippen LogP contribution >= 0.6 is 0 Å². The number of carbonyl (C=O) groups excluding carboxylic acids is 1. The van der Waals surface area contributed by atoms with Crippen molar-refractivity contribution in [2.24, 2.45) is 0 Å². The summed E-state index contributed by atoms with van der Waals surface area (Å²) >= 11 is 0. The first kappa shape index (κ1) is 12.9. The molecule has 1 N–H and O–H groups in total. The number of carbonyl (C=O) groups is 1. The predicted octanol–water partition coefficient (Wildman–Crippen LogP) is 0.647. The smallest absolute Gasteiger partial charge is 0.271 e. The van der Waals surface area contributed by atoms with Crippen molar-refractivity contribution in [1.82, 2.24) is 19.9 Å². The van der Waals surface area contributed by atoms with Crippen molar-refractivity contribution in [2.75, 3.05) is 20.3 Å². The molecule has 2 aromatic heterocycles. The van der Waals surface area contributed by atoms with Gasteiger partial charge in [-0.2, -0.15) is 0 Å². The number of nitrogens with zero attached hydrogens (tertiary/aromatic N) is 3. The van der Waals surface area contributed by atoms with E-state index in [1.807, 2.05) is 0 Å². The van der Waals surface area contributed by atoms with Crippen molar-refractivity contribution in [3.8, 4) is 5.88 Å². The molecule has 0 saturated carbocycles. The monoisotopic (exact) mass is 276 g/mol. The molecule has 1 fully saturated rings. The Morgan fingerprint density at radius 2 is 2.25 bits per heavy atom. The van der Waals surface area contributed by atoms with E-state index in [2.05, 4.69) is 15.4 Å². The molecular formula is C13H16N4O3. The highest BCUT2D eigenvalue weighted by Gasteiger charge is 2.20. The van der Waals surface area contributed by atoms with E-state index in [1.54, 1.807) is 12.1 Å². The van der Waals surface area contributed by atoms with Crippen molar-refractivity contribution in [3.63, 3.8) is 0 Å². The van der Waals surface area contributed by atoms with Gasteiger partial charge in [0.1, 0.15) is 0 Å². The standard InChI is InChI=1S/C13H16N4O3/c1-19-12-3-2-11-14-8-10(17(11)16-12)13(18)15-9-4-6-20-7-5-9/h2-3,8-9H,4-7H2,1H3,(H,15,18). The molecule has 20 heavy (non-hydrogen) atoms. The Labute approximate surface area is 115 Å². The van der Waals surface area contributed by atoms with E-state index in [1.165, 1.54) is 17.8 Å². The van der Waals surface area contributed by atoms with Crippen molar-refractivity contribution in [3.05, 3.63) is 24.0 Å². The van der Waals surface area contributed by atoms with Crippen LogP contribution in [-0.2, 0) is 4.74 Å². The fourth-order valence-electron chi connectivity index (χ4n) is 2.22. The summed E-state index contributed by atoms with van der Waals surface area (Å²) in [5, 5.41) is 7.20. The molecule has 106 valence electrons. The maximum Gasteiger partial charge on any atom is 0.271 e. The molecule has 1 aliphatic rings. The molecule has 1 aliphatic heterocycles. The Bertz CT molecular complexity index is 619. The van der Waals surface area contributed by atoms with Gasteiger partial charge in [-0.1, -0.05) is 0 Å². The van der Waals surface area contributed by atoms with Crippen LogP contribution in [0.25, 0.3) is 5.65 Å². The summed E-state index contributed by atoms with van der Waals surface area (Å²) < 4.78 is 11.8. The molecule has 0 atom stereocenters. The lowest BCUT2D eigenvalue weighted by atomic mass is 10.1. The molecule has 0 radical (unpaired) electrons. The predicted molar refractivity (Wildman–Crippen MR) is 70.8 cm³/mol. The van der Waals surface area contributed by atoms with Gasteiger partial charge in [-0.25, -0.2) is 9.50 Å². The number of imidazole rings is 1. The number of nitrogens with one attached hydrogen (secondary N) is 1. The van der Waals surface area contributed by atoms with Gasteiger partial charge in [-0.05, 0) is 18.9 Å². The van der Waals surface area contributed by atoms with Gasteiger partial charge in [0.25, 0.3) is 5.91 Å². The van der Waals surface area contributed by atoms with Crippen molar-refractivity contribution in [2.45, 2.75) is 18.9 Å². The zero-order valence-electron chi connectivity index (χ0n) is 11.2. The van der Waals surface area contributed by atoms with Crippen LogP contribution in [0, 0.1) is 0 Å². The fourth-order valence-corrected chi connectivity index (χ4v) is 2.22. The van der Waals surface area contributed by atoms with Crippen LogP contribution in [0.15, 0.2) is 18.3 Å². The summed E-state index contributed by atoms with van der Waals surface area (Å²) in [5.74, 6) is 0.265. The normalized spacial score (nSPS) is 16.2. The molecule has 2 aromatic rings. The molecule has 3 rings (SSSR count). The zero-order valence-corrected chi connectivity index (χ0v) is 11.2. The number of rotatable bonds is 3. The van der Waals surface area contributed by atoms with Crippen molar-refractivity contribution in [1.29, 1.82) is 0 Å². The number of hydrogen-bond donors (Lipinski definition) is 1. The molecular weight excluding hydrogens is 260 g/mol. The van der Waals surface area contributed by atoms with Crippen LogP contribution in [0.2, 0.25) is 0 Å². The number of ether oxygens (including phenoxy) is 2. The molecule has 0 aliphatic carbocycles. The van der Waals surface area contributed by atoms with Crippen molar-refractivity contribution < 1.29 is 14.3 Å². The number of hydrogen-bond acceptors (Lipinski definition) is 5. The fraction of sp³-hybridized carbons (Fsp3) is 0.462. The Kier molecular flexibility index (Phi) is 3.51. The van der Waals surface area contributed by atoms with Gasteiger partial charge in [0.2, 0.25) is 5.88 Å². The second-order valence-electron chi connectivity index (χ2n) is 4.65. The van der Waals surface area contributed by atoms with Crippen LogP contribution in [0.5, 0.6) is 5.88 Å². The lowest BCUT2D eigenvalue weighted by Gasteiger charge is -2.22. The third-order valence-electron chi connectivity index (χ3n) is 3.34. The van der Waals surface area contributed by atoms with Crippen LogP contribution < -0.4 is 10.1 Å². The topological polar surface area (TPSA) is 77.8 Å². The molecule has 0 aromatic carbocycles. The van der Waals surface area contributed by atoms with E-state index in [4.69, 9.17) is 9.47 Å². The third kappa shape index (κ3) is 2.44.